The maximum atomic E-state index is 10.7. The third-order valence-corrected chi connectivity index (χ3v) is 4.02. The van der Waals surface area contributed by atoms with E-state index >= 15 is 0 Å². The van der Waals surface area contributed by atoms with Crippen LogP contribution in [0.15, 0.2) is 18.2 Å². The average molecular weight is 275 g/mol. The molecule has 0 spiro atoms. The SMILES string of the molecule is O=C(O)C(O)C(O)c1ccc2[nH]c3c(c2c1)CCCC3. The zero-order chi connectivity index (χ0) is 14.3. The number of rotatable bonds is 3. The summed E-state index contributed by atoms with van der Waals surface area (Å²) in [6, 6.07) is 5.27. The molecule has 20 heavy (non-hydrogen) atoms. The molecule has 4 N–H and O–H groups in total. The summed E-state index contributed by atoms with van der Waals surface area (Å²) < 4.78 is 0. The van der Waals surface area contributed by atoms with Gasteiger partial charge in [0, 0.05) is 16.6 Å². The number of H-pyrrole nitrogens is 1. The zero-order valence-corrected chi connectivity index (χ0v) is 11.0. The quantitative estimate of drug-likeness (QED) is 0.683. The number of hydrogen-bond acceptors (Lipinski definition) is 3. The van der Waals surface area contributed by atoms with Gasteiger partial charge in [0.1, 0.15) is 6.10 Å². The molecule has 0 amide bonds. The number of nitrogens with one attached hydrogen (secondary N) is 1. The molecule has 0 aliphatic heterocycles. The van der Waals surface area contributed by atoms with E-state index in [2.05, 4.69) is 4.98 Å². The van der Waals surface area contributed by atoms with Gasteiger partial charge in [0.15, 0.2) is 6.10 Å². The van der Waals surface area contributed by atoms with Crippen LogP contribution >= 0.6 is 0 Å². The second-order valence-electron chi connectivity index (χ2n) is 5.32. The van der Waals surface area contributed by atoms with Gasteiger partial charge in [-0.25, -0.2) is 4.79 Å². The van der Waals surface area contributed by atoms with Crippen LogP contribution in [0, 0.1) is 0 Å². The van der Waals surface area contributed by atoms with Crippen molar-refractivity contribution < 1.29 is 20.1 Å². The maximum absolute atomic E-state index is 10.7. The first kappa shape index (κ1) is 13.1. The number of carboxylic acids is 1. The van der Waals surface area contributed by atoms with Crippen molar-refractivity contribution in [3.63, 3.8) is 0 Å². The van der Waals surface area contributed by atoms with E-state index in [0.717, 1.165) is 30.2 Å². The third-order valence-electron chi connectivity index (χ3n) is 4.02. The fourth-order valence-electron chi connectivity index (χ4n) is 2.92. The number of carboxylic acid groups (broad SMARTS) is 1. The van der Waals surface area contributed by atoms with Gasteiger partial charge < -0.3 is 20.3 Å². The number of benzene rings is 1. The van der Waals surface area contributed by atoms with E-state index in [-0.39, 0.29) is 0 Å². The number of hydrogen-bond donors (Lipinski definition) is 4. The Hall–Kier alpha value is -1.85. The fourth-order valence-corrected chi connectivity index (χ4v) is 2.92. The Morgan fingerprint density at radius 1 is 1.20 bits per heavy atom. The molecule has 1 aromatic carbocycles. The Morgan fingerprint density at radius 2 is 1.95 bits per heavy atom. The van der Waals surface area contributed by atoms with E-state index in [1.165, 1.54) is 17.7 Å². The molecule has 0 radical (unpaired) electrons. The highest BCUT2D eigenvalue weighted by molar-refractivity contribution is 5.86. The number of aromatic amines is 1. The van der Waals surface area contributed by atoms with Crippen LogP contribution in [0.25, 0.3) is 10.9 Å². The van der Waals surface area contributed by atoms with Gasteiger partial charge in [-0.05, 0) is 48.9 Å². The van der Waals surface area contributed by atoms with Crippen molar-refractivity contribution in [3.8, 4) is 0 Å². The van der Waals surface area contributed by atoms with Gasteiger partial charge in [-0.2, -0.15) is 0 Å². The fraction of sp³-hybridized carbons (Fsp3) is 0.400. The highest BCUT2D eigenvalue weighted by atomic mass is 16.4. The highest BCUT2D eigenvalue weighted by Crippen LogP contribution is 2.31. The normalized spacial score (nSPS) is 17.7. The average Bonchev–Trinajstić information content (AvgIpc) is 2.83. The van der Waals surface area contributed by atoms with Crippen molar-refractivity contribution in [2.45, 2.75) is 37.9 Å². The first-order valence-corrected chi connectivity index (χ1v) is 6.80. The topological polar surface area (TPSA) is 93.6 Å². The number of aliphatic hydroxyl groups is 2. The van der Waals surface area contributed by atoms with Crippen LogP contribution in [0.4, 0.5) is 0 Å². The predicted octanol–water partition coefficient (Wildman–Crippen LogP) is 1.53. The number of aliphatic hydroxyl groups excluding tert-OH is 2. The lowest BCUT2D eigenvalue weighted by molar-refractivity contribution is -0.153. The van der Waals surface area contributed by atoms with E-state index in [4.69, 9.17) is 5.11 Å². The molecule has 0 saturated heterocycles. The summed E-state index contributed by atoms with van der Waals surface area (Å²) in [5.41, 5.74) is 3.92. The number of aromatic nitrogens is 1. The minimum absolute atomic E-state index is 0.430. The Kier molecular flexibility index (Phi) is 3.23. The largest absolute Gasteiger partial charge is 0.479 e. The van der Waals surface area contributed by atoms with Crippen LogP contribution in [-0.2, 0) is 17.6 Å². The molecule has 5 nitrogen and oxygen atoms in total. The van der Waals surface area contributed by atoms with Crippen molar-refractivity contribution in [2.24, 2.45) is 0 Å². The minimum atomic E-state index is -1.80. The summed E-state index contributed by atoms with van der Waals surface area (Å²) in [6.07, 6.45) is 1.13. The molecule has 1 aliphatic rings. The Labute approximate surface area is 115 Å². The lowest BCUT2D eigenvalue weighted by Gasteiger charge is -2.15. The lowest BCUT2D eigenvalue weighted by Crippen LogP contribution is -2.27. The lowest BCUT2D eigenvalue weighted by atomic mass is 9.94. The number of aryl methyl sites for hydroxylation is 2. The van der Waals surface area contributed by atoms with Crippen molar-refractivity contribution >= 4 is 16.9 Å². The molecule has 2 unspecified atom stereocenters. The van der Waals surface area contributed by atoms with E-state index in [1.807, 2.05) is 6.07 Å². The molecule has 1 aliphatic carbocycles. The van der Waals surface area contributed by atoms with E-state index in [9.17, 15) is 15.0 Å². The standard InChI is InChI=1S/C15H17NO4/c17-13(14(18)15(19)20)8-5-6-12-10(7-8)9-3-1-2-4-11(9)16-12/h5-7,13-14,16-18H,1-4H2,(H,19,20). The van der Waals surface area contributed by atoms with Crippen LogP contribution in [0.3, 0.4) is 0 Å². The molecular weight excluding hydrogens is 258 g/mol. The maximum Gasteiger partial charge on any atom is 0.335 e. The van der Waals surface area contributed by atoms with Gasteiger partial charge in [0.25, 0.3) is 0 Å². The van der Waals surface area contributed by atoms with E-state index < -0.39 is 18.2 Å². The first-order valence-electron chi connectivity index (χ1n) is 6.80. The summed E-state index contributed by atoms with van der Waals surface area (Å²) in [5, 5.41) is 29.2. The summed E-state index contributed by atoms with van der Waals surface area (Å²) >= 11 is 0. The van der Waals surface area contributed by atoms with E-state index in [0.29, 0.717) is 5.56 Å². The summed E-state index contributed by atoms with van der Waals surface area (Å²) in [7, 11) is 0. The van der Waals surface area contributed by atoms with Crippen molar-refractivity contribution in [1.29, 1.82) is 0 Å². The minimum Gasteiger partial charge on any atom is -0.479 e. The molecule has 3 rings (SSSR count). The predicted molar refractivity (Wildman–Crippen MR) is 73.5 cm³/mol. The number of aliphatic carboxylic acids is 1. The van der Waals surface area contributed by atoms with Gasteiger partial charge >= 0.3 is 5.97 Å². The monoisotopic (exact) mass is 275 g/mol. The van der Waals surface area contributed by atoms with Crippen LogP contribution in [0.2, 0.25) is 0 Å². The summed E-state index contributed by atoms with van der Waals surface area (Å²) in [6.45, 7) is 0. The first-order chi connectivity index (χ1) is 9.58. The molecule has 2 aromatic rings. The molecule has 0 bridgehead atoms. The number of carbonyl (C=O) groups is 1. The number of fused-ring (bicyclic) bond motifs is 3. The zero-order valence-electron chi connectivity index (χ0n) is 11.0. The molecule has 2 atom stereocenters. The van der Waals surface area contributed by atoms with Crippen molar-refractivity contribution in [3.05, 3.63) is 35.0 Å². The van der Waals surface area contributed by atoms with Gasteiger partial charge in [-0.1, -0.05) is 6.07 Å². The molecule has 1 aromatic heterocycles. The third kappa shape index (κ3) is 2.09. The second-order valence-corrected chi connectivity index (χ2v) is 5.32. The molecule has 1 heterocycles. The summed E-state index contributed by atoms with van der Waals surface area (Å²) in [5.74, 6) is -1.42. The van der Waals surface area contributed by atoms with E-state index in [1.54, 1.807) is 12.1 Å². The van der Waals surface area contributed by atoms with Crippen LogP contribution in [-0.4, -0.2) is 32.4 Å². The van der Waals surface area contributed by atoms with Crippen LogP contribution < -0.4 is 0 Å². The van der Waals surface area contributed by atoms with Gasteiger partial charge in [0.05, 0.1) is 0 Å². The van der Waals surface area contributed by atoms with Gasteiger partial charge in [0.2, 0.25) is 0 Å². The molecule has 5 heteroatoms. The Bertz CT molecular complexity index is 661. The van der Waals surface area contributed by atoms with Gasteiger partial charge in [-0.3, -0.25) is 0 Å². The van der Waals surface area contributed by atoms with Crippen LogP contribution in [0.1, 0.15) is 35.8 Å². The van der Waals surface area contributed by atoms with Crippen molar-refractivity contribution in [1.82, 2.24) is 4.98 Å². The Morgan fingerprint density at radius 3 is 2.70 bits per heavy atom. The van der Waals surface area contributed by atoms with Crippen molar-refractivity contribution in [2.75, 3.05) is 0 Å². The molecule has 106 valence electrons. The van der Waals surface area contributed by atoms with Gasteiger partial charge in [-0.15, -0.1) is 0 Å². The summed E-state index contributed by atoms with van der Waals surface area (Å²) in [4.78, 5) is 14.1. The highest BCUT2D eigenvalue weighted by Gasteiger charge is 2.26. The smallest absolute Gasteiger partial charge is 0.335 e. The molecular formula is C15H17NO4. The Balaban J connectivity index is 2.03. The molecule has 0 saturated carbocycles. The second kappa shape index (κ2) is 4.92. The van der Waals surface area contributed by atoms with Crippen LogP contribution in [0.5, 0.6) is 0 Å². The molecule has 0 fully saturated rings.